The van der Waals surface area contributed by atoms with E-state index in [1.54, 1.807) is 0 Å². The van der Waals surface area contributed by atoms with Gasteiger partial charge in [0, 0.05) is 33.3 Å². The highest BCUT2D eigenvalue weighted by molar-refractivity contribution is 6.25. The van der Waals surface area contributed by atoms with E-state index in [2.05, 4.69) is 146 Å². The van der Waals surface area contributed by atoms with Crippen LogP contribution in [-0.4, -0.2) is 4.57 Å². The first-order chi connectivity index (χ1) is 20.0. The van der Waals surface area contributed by atoms with Crippen molar-refractivity contribution in [2.75, 3.05) is 0 Å². The predicted molar refractivity (Wildman–Crippen MR) is 173 cm³/mol. The fraction of sp³-hybridized carbons (Fsp3) is 0.128. The van der Waals surface area contributed by atoms with Gasteiger partial charge in [0.25, 0.3) is 0 Å². The molecule has 41 heavy (non-hydrogen) atoms. The maximum Gasteiger partial charge on any atom is 0.0623 e. The number of para-hydroxylation sites is 1. The number of nitrogens with zero attached hydrogens (tertiary/aromatic N) is 1. The van der Waals surface area contributed by atoms with E-state index in [1.807, 2.05) is 0 Å². The number of aromatic nitrogens is 1. The molecule has 1 aliphatic carbocycles. The van der Waals surface area contributed by atoms with Gasteiger partial charge in [-0.1, -0.05) is 123 Å². The molecule has 1 aromatic heterocycles. The molecule has 2 heteroatoms. The minimum Gasteiger partial charge on any atom is -0.324 e. The van der Waals surface area contributed by atoms with Gasteiger partial charge >= 0.3 is 0 Å². The Morgan fingerprint density at radius 3 is 2.07 bits per heavy atom. The van der Waals surface area contributed by atoms with Gasteiger partial charge in [-0.05, 0) is 63.4 Å². The number of hydrogen-bond donors (Lipinski definition) is 1. The molecule has 8 rings (SSSR count). The number of benzene rings is 6. The molecule has 0 aliphatic heterocycles. The van der Waals surface area contributed by atoms with Gasteiger partial charge in [-0.2, -0.15) is 0 Å². The molecule has 0 spiro atoms. The van der Waals surface area contributed by atoms with E-state index < -0.39 is 0 Å². The molecule has 1 heterocycles. The second kappa shape index (κ2) is 8.92. The van der Waals surface area contributed by atoms with Crippen molar-refractivity contribution in [2.24, 2.45) is 5.73 Å². The third-order valence-electron chi connectivity index (χ3n) is 9.20. The van der Waals surface area contributed by atoms with Crippen molar-refractivity contribution in [1.82, 2.24) is 4.57 Å². The molecule has 1 atom stereocenters. The van der Waals surface area contributed by atoms with Crippen LogP contribution in [0.2, 0.25) is 0 Å². The predicted octanol–water partition coefficient (Wildman–Crippen LogP) is 9.49. The van der Waals surface area contributed by atoms with Crippen molar-refractivity contribution in [1.29, 1.82) is 0 Å². The molecule has 0 saturated carbocycles. The summed E-state index contributed by atoms with van der Waals surface area (Å²) < 4.78 is 2.47. The van der Waals surface area contributed by atoms with Crippen LogP contribution in [0.25, 0.3) is 49.4 Å². The second-order valence-corrected chi connectivity index (χ2v) is 11.9. The van der Waals surface area contributed by atoms with Crippen LogP contribution in [0.4, 0.5) is 0 Å². The lowest BCUT2D eigenvalue weighted by Gasteiger charge is -2.23. The second-order valence-electron chi connectivity index (χ2n) is 11.9. The first-order valence-corrected chi connectivity index (χ1v) is 14.5. The van der Waals surface area contributed by atoms with Gasteiger partial charge in [-0.15, -0.1) is 0 Å². The van der Waals surface area contributed by atoms with E-state index in [0.29, 0.717) is 0 Å². The third-order valence-corrected chi connectivity index (χ3v) is 9.20. The average Bonchev–Trinajstić information content (AvgIpc) is 3.47. The van der Waals surface area contributed by atoms with Crippen molar-refractivity contribution in [3.8, 4) is 16.8 Å². The molecule has 0 unspecified atom stereocenters. The molecular formula is C39H32N2. The Hall–Kier alpha value is -4.66. The average molecular weight is 529 g/mol. The summed E-state index contributed by atoms with van der Waals surface area (Å²) in [4.78, 5) is 0. The zero-order valence-electron chi connectivity index (χ0n) is 23.4. The number of nitrogens with two attached hydrogens (primary N) is 1. The van der Waals surface area contributed by atoms with Crippen LogP contribution in [0.15, 0.2) is 127 Å². The fourth-order valence-corrected chi connectivity index (χ4v) is 7.33. The Morgan fingerprint density at radius 2 is 1.29 bits per heavy atom. The van der Waals surface area contributed by atoms with E-state index in [9.17, 15) is 0 Å². The lowest BCUT2D eigenvalue weighted by atomic mass is 9.79. The van der Waals surface area contributed by atoms with Gasteiger partial charge in [-0.3, -0.25) is 0 Å². The van der Waals surface area contributed by atoms with Crippen LogP contribution in [0.3, 0.4) is 0 Å². The maximum absolute atomic E-state index is 6.68. The van der Waals surface area contributed by atoms with Gasteiger partial charge in [-0.25, -0.2) is 0 Å². The first kappa shape index (κ1) is 24.2. The largest absolute Gasteiger partial charge is 0.324 e. The number of fused-ring (bicyclic) bond motifs is 10. The van der Waals surface area contributed by atoms with Gasteiger partial charge in [0.05, 0.1) is 11.0 Å². The maximum atomic E-state index is 6.68. The molecule has 2 N–H and O–H groups in total. The minimum atomic E-state index is -0.114. The van der Waals surface area contributed by atoms with E-state index in [-0.39, 0.29) is 11.5 Å². The van der Waals surface area contributed by atoms with Crippen LogP contribution in [0.5, 0.6) is 0 Å². The third kappa shape index (κ3) is 3.47. The van der Waals surface area contributed by atoms with Gasteiger partial charge < -0.3 is 10.3 Å². The van der Waals surface area contributed by atoms with Crippen LogP contribution < -0.4 is 5.73 Å². The zero-order chi connectivity index (χ0) is 27.7. The Bertz CT molecular complexity index is 2100. The Labute approximate surface area is 240 Å². The highest BCUT2D eigenvalue weighted by Gasteiger charge is 2.39. The van der Waals surface area contributed by atoms with E-state index in [4.69, 9.17) is 5.73 Å². The first-order valence-electron chi connectivity index (χ1n) is 14.5. The molecule has 6 aromatic carbocycles. The molecule has 2 nitrogen and oxygen atoms in total. The van der Waals surface area contributed by atoms with Crippen molar-refractivity contribution >= 4 is 32.6 Å². The molecule has 0 fully saturated rings. The summed E-state index contributed by atoms with van der Waals surface area (Å²) in [6, 6.07) is 46.2. The summed E-state index contributed by atoms with van der Waals surface area (Å²) in [5, 5.41) is 5.27. The lowest BCUT2D eigenvalue weighted by Crippen LogP contribution is -2.15. The Morgan fingerprint density at radius 1 is 0.659 bits per heavy atom. The standard InChI is InChI=1S/C39H32N2/c1-39(2)32-18-10-8-16-30(32)35-28-14-6-7-15-29(28)38-36(37(35)39)31-17-9-11-19-34(31)41(38)27-22-20-26(21-23-27)33(40)24-25-12-4-3-5-13-25/h3-23,33H,24,40H2,1-2H3/t33-/m1/s1. The molecule has 7 aromatic rings. The highest BCUT2D eigenvalue weighted by Crippen LogP contribution is 2.56. The summed E-state index contributed by atoms with van der Waals surface area (Å²) in [6.45, 7) is 4.78. The number of rotatable bonds is 4. The minimum absolute atomic E-state index is 0.0481. The molecule has 1 aliphatic rings. The van der Waals surface area contributed by atoms with Crippen LogP contribution in [0.1, 0.15) is 42.1 Å². The quantitative estimate of drug-likeness (QED) is 0.242. The molecule has 0 bridgehead atoms. The summed E-state index contributed by atoms with van der Waals surface area (Å²) >= 11 is 0. The molecular weight excluding hydrogens is 496 g/mol. The Balaban J connectivity index is 1.40. The monoisotopic (exact) mass is 528 g/mol. The van der Waals surface area contributed by atoms with Crippen LogP contribution >= 0.6 is 0 Å². The molecule has 0 amide bonds. The summed E-state index contributed by atoms with van der Waals surface area (Å²) in [7, 11) is 0. The molecule has 0 saturated heterocycles. The van der Waals surface area contributed by atoms with Crippen LogP contribution in [-0.2, 0) is 11.8 Å². The van der Waals surface area contributed by atoms with Gasteiger partial charge in [0.2, 0.25) is 0 Å². The van der Waals surface area contributed by atoms with Crippen molar-refractivity contribution in [3.63, 3.8) is 0 Å². The smallest absolute Gasteiger partial charge is 0.0623 e. The fourth-order valence-electron chi connectivity index (χ4n) is 7.33. The molecule has 0 radical (unpaired) electrons. The van der Waals surface area contributed by atoms with Crippen molar-refractivity contribution in [2.45, 2.75) is 31.7 Å². The van der Waals surface area contributed by atoms with Crippen LogP contribution in [0, 0.1) is 0 Å². The van der Waals surface area contributed by atoms with Crippen molar-refractivity contribution < 1.29 is 0 Å². The number of hydrogen-bond acceptors (Lipinski definition) is 1. The molecule has 198 valence electrons. The zero-order valence-corrected chi connectivity index (χ0v) is 23.4. The topological polar surface area (TPSA) is 30.9 Å². The summed E-state index contributed by atoms with van der Waals surface area (Å²) in [5.74, 6) is 0. The van der Waals surface area contributed by atoms with Gasteiger partial charge in [0.15, 0.2) is 0 Å². The van der Waals surface area contributed by atoms with E-state index in [0.717, 1.165) is 17.7 Å². The van der Waals surface area contributed by atoms with E-state index in [1.165, 1.54) is 60.4 Å². The van der Waals surface area contributed by atoms with Crippen molar-refractivity contribution in [3.05, 3.63) is 150 Å². The Kier molecular flexibility index (Phi) is 5.26. The SMILES string of the molecule is CC1(C)c2ccccc2-c2c1c1c3ccccc3n(-c3ccc([C@H](N)Cc4ccccc4)cc3)c1c1ccccc21. The lowest BCUT2D eigenvalue weighted by molar-refractivity contribution is 0.667. The highest BCUT2D eigenvalue weighted by atomic mass is 15.0. The summed E-state index contributed by atoms with van der Waals surface area (Å²) in [5.41, 5.74) is 18.2. The van der Waals surface area contributed by atoms with Gasteiger partial charge in [0.1, 0.15) is 0 Å². The summed E-state index contributed by atoms with van der Waals surface area (Å²) in [6.07, 6.45) is 0.821. The normalized spacial score (nSPS) is 14.4. The van der Waals surface area contributed by atoms with E-state index >= 15 is 0 Å².